The van der Waals surface area contributed by atoms with Crippen molar-refractivity contribution in [1.29, 1.82) is 0 Å². The monoisotopic (exact) mass is 307 g/mol. The number of hydrogen-bond donors (Lipinski definition) is 0. The zero-order valence-corrected chi connectivity index (χ0v) is 13.2. The molecule has 0 spiro atoms. The molecule has 0 unspecified atom stereocenters. The summed E-state index contributed by atoms with van der Waals surface area (Å²) in [4.78, 5) is 0.351. The van der Waals surface area contributed by atoms with Gasteiger partial charge >= 0.3 is 0 Å². The van der Waals surface area contributed by atoms with Crippen LogP contribution in [0.15, 0.2) is 23.1 Å². The van der Waals surface area contributed by atoms with Crippen molar-refractivity contribution in [2.24, 2.45) is 0 Å². The Morgan fingerprint density at radius 1 is 1.39 bits per heavy atom. The Morgan fingerprint density at radius 3 is 2.61 bits per heavy atom. The second-order valence-corrected chi connectivity index (χ2v) is 7.26. The maximum absolute atomic E-state index is 12.4. The van der Waals surface area contributed by atoms with Gasteiger partial charge in [0.25, 0.3) is 0 Å². The van der Waals surface area contributed by atoms with Crippen LogP contribution < -0.4 is 0 Å². The molecule has 0 aliphatic carbocycles. The number of sulfonamides is 1. The SMILES string of the molecule is CSCCN(C)S(=O)(=O)c1cccc(CCl)c1C. The molecule has 102 valence electrons. The van der Waals surface area contributed by atoms with Crippen LogP contribution in [0.2, 0.25) is 0 Å². The van der Waals surface area contributed by atoms with Gasteiger partial charge in [0, 0.05) is 25.2 Å². The van der Waals surface area contributed by atoms with Gasteiger partial charge in [-0.05, 0) is 30.4 Å². The first-order valence-electron chi connectivity index (χ1n) is 5.55. The molecule has 0 saturated heterocycles. The number of alkyl halides is 1. The minimum Gasteiger partial charge on any atom is -0.207 e. The summed E-state index contributed by atoms with van der Waals surface area (Å²) < 4.78 is 26.2. The Hall–Kier alpha value is -0.230. The third kappa shape index (κ3) is 3.41. The molecule has 0 bridgehead atoms. The van der Waals surface area contributed by atoms with Crippen LogP contribution in [0, 0.1) is 6.92 Å². The number of benzene rings is 1. The van der Waals surface area contributed by atoms with Crippen molar-refractivity contribution >= 4 is 33.4 Å². The van der Waals surface area contributed by atoms with Gasteiger partial charge in [-0.1, -0.05) is 12.1 Å². The third-order valence-electron chi connectivity index (χ3n) is 2.84. The quantitative estimate of drug-likeness (QED) is 0.758. The van der Waals surface area contributed by atoms with Crippen LogP contribution >= 0.6 is 23.4 Å². The van der Waals surface area contributed by atoms with E-state index in [9.17, 15) is 8.42 Å². The van der Waals surface area contributed by atoms with Crippen LogP contribution in [-0.4, -0.2) is 38.3 Å². The lowest BCUT2D eigenvalue weighted by molar-refractivity contribution is 0.488. The highest BCUT2D eigenvalue weighted by molar-refractivity contribution is 7.98. The summed E-state index contributed by atoms with van der Waals surface area (Å²) in [6.45, 7) is 2.31. The summed E-state index contributed by atoms with van der Waals surface area (Å²) in [5.41, 5.74) is 1.60. The van der Waals surface area contributed by atoms with Gasteiger partial charge in [0.15, 0.2) is 0 Å². The zero-order chi connectivity index (χ0) is 13.8. The van der Waals surface area contributed by atoms with E-state index < -0.39 is 10.0 Å². The van der Waals surface area contributed by atoms with E-state index in [-0.39, 0.29) is 0 Å². The Bertz CT molecular complexity index is 503. The molecule has 0 radical (unpaired) electrons. The highest BCUT2D eigenvalue weighted by Crippen LogP contribution is 2.23. The van der Waals surface area contributed by atoms with Crippen molar-refractivity contribution in [2.75, 3.05) is 25.6 Å². The van der Waals surface area contributed by atoms with Crippen LogP contribution in [0.4, 0.5) is 0 Å². The molecule has 1 rings (SSSR count). The van der Waals surface area contributed by atoms with E-state index >= 15 is 0 Å². The second kappa shape index (κ2) is 6.80. The molecule has 0 atom stereocenters. The fraction of sp³-hybridized carbons (Fsp3) is 0.500. The molecular weight excluding hydrogens is 290 g/mol. The van der Waals surface area contributed by atoms with E-state index in [2.05, 4.69) is 0 Å². The van der Waals surface area contributed by atoms with Crippen molar-refractivity contribution in [2.45, 2.75) is 17.7 Å². The van der Waals surface area contributed by atoms with Gasteiger partial charge in [0.1, 0.15) is 0 Å². The number of rotatable bonds is 6. The van der Waals surface area contributed by atoms with Crippen molar-refractivity contribution in [3.8, 4) is 0 Å². The Kier molecular flexibility index (Phi) is 5.98. The topological polar surface area (TPSA) is 37.4 Å². The minimum atomic E-state index is -3.41. The highest BCUT2D eigenvalue weighted by Gasteiger charge is 2.23. The number of thioether (sulfide) groups is 1. The lowest BCUT2D eigenvalue weighted by Gasteiger charge is -2.19. The molecule has 1 aromatic rings. The van der Waals surface area contributed by atoms with Crippen molar-refractivity contribution < 1.29 is 8.42 Å². The highest BCUT2D eigenvalue weighted by atomic mass is 35.5. The molecule has 0 N–H and O–H groups in total. The van der Waals surface area contributed by atoms with Gasteiger partial charge in [0.2, 0.25) is 10.0 Å². The number of halogens is 1. The fourth-order valence-electron chi connectivity index (χ4n) is 1.59. The van der Waals surface area contributed by atoms with Gasteiger partial charge in [-0.3, -0.25) is 0 Å². The molecule has 0 fully saturated rings. The van der Waals surface area contributed by atoms with Crippen molar-refractivity contribution in [3.05, 3.63) is 29.3 Å². The molecule has 1 aromatic carbocycles. The largest absolute Gasteiger partial charge is 0.243 e. The summed E-state index contributed by atoms with van der Waals surface area (Å²) in [5.74, 6) is 1.10. The van der Waals surface area contributed by atoms with E-state index in [1.54, 1.807) is 37.9 Å². The van der Waals surface area contributed by atoms with E-state index in [1.807, 2.05) is 12.3 Å². The van der Waals surface area contributed by atoms with Gasteiger partial charge in [-0.25, -0.2) is 12.7 Å². The zero-order valence-electron chi connectivity index (χ0n) is 10.8. The van der Waals surface area contributed by atoms with E-state index in [4.69, 9.17) is 11.6 Å². The lowest BCUT2D eigenvalue weighted by atomic mass is 10.1. The fourth-order valence-corrected chi connectivity index (χ4v) is 3.89. The summed E-state index contributed by atoms with van der Waals surface area (Å²) in [5, 5.41) is 0. The lowest BCUT2D eigenvalue weighted by Crippen LogP contribution is -2.29. The molecule has 0 aliphatic heterocycles. The summed E-state index contributed by atoms with van der Waals surface area (Å²) in [6, 6.07) is 5.22. The van der Waals surface area contributed by atoms with Crippen LogP contribution in [0.5, 0.6) is 0 Å². The molecule has 6 heteroatoms. The second-order valence-electron chi connectivity index (χ2n) is 3.99. The maximum atomic E-state index is 12.4. The maximum Gasteiger partial charge on any atom is 0.243 e. The van der Waals surface area contributed by atoms with E-state index in [1.165, 1.54) is 4.31 Å². The molecule has 0 amide bonds. The molecule has 0 aromatic heterocycles. The van der Waals surface area contributed by atoms with Crippen LogP contribution in [0.1, 0.15) is 11.1 Å². The first-order valence-corrected chi connectivity index (χ1v) is 8.91. The number of nitrogens with zero attached hydrogens (tertiary/aromatic N) is 1. The minimum absolute atomic E-state index is 0.323. The summed E-state index contributed by atoms with van der Waals surface area (Å²) >= 11 is 7.43. The van der Waals surface area contributed by atoms with Crippen molar-refractivity contribution in [1.82, 2.24) is 4.31 Å². The average molecular weight is 308 g/mol. The van der Waals surface area contributed by atoms with Gasteiger partial charge in [-0.2, -0.15) is 11.8 Å². The Labute approximate surface area is 119 Å². The standard InChI is InChI=1S/C12H18ClNO2S2/c1-10-11(9-13)5-4-6-12(10)18(15,16)14(2)7-8-17-3/h4-6H,7-9H2,1-3H3. The number of hydrogen-bond acceptors (Lipinski definition) is 3. The van der Waals surface area contributed by atoms with Crippen LogP contribution in [0.25, 0.3) is 0 Å². The smallest absolute Gasteiger partial charge is 0.207 e. The average Bonchev–Trinajstić information content (AvgIpc) is 2.35. The molecule has 0 aliphatic rings. The first kappa shape index (κ1) is 15.8. The van der Waals surface area contributed by atoms with E-state index in [0.717, 1.165) is 16.9 Å². The van der Waals surface area contributed by atoms with Gasteiger partial charge < -0.3 is 0 Å². The predicted molar refractivity (Wildman–Crippen MR) is 78.9 cm³/mol. The third-order valence-corrected chi connectivity index (χ3v) is 5.72. The normalized spacial score (nSPS) is 12.1. The summed E-state index contributed by atoms with van der Waals surface area (Å²) in [6.07, 6.45) is 1.96. The predicted octanol–water partition coefficient (Wildman–Crippen LogP) is 2.72. The van der Waals surface area contributed by atoms with Gasteiger partial charge in [0.05, 0.1) is 4.90 Å². The van der Waals surface area contributed by atoms with E-state index in [0.29, 0.717) is 17.3 Å². The molecule has 3 nitrogen and oxygen atoms in total. The molecule has 18 heavy (non-hydrogen) atoms. The van der Waals surface area contributed by atoms with Gasteiger partial charge in [-0.15, -0.1) is 11.6 Å². The Morgan fingerprint density at radius 2 is 2.06 bits per heavy atom. The Balaban J connectivity index is 3.12. The molecule has 0 heterocycles. The van der Waals surface area contributed by atoms with Crippen LogP contribution in [-0.2, 0) is 15.9 Å². The molecular formula is C12H18ClNO2S2. The first-order chi connectivity index (χ1) is 8.45. The molecule has 0 saturated carbocycles. The summed E-state index contributed by atoms with van der Waals surface area (Å²) in [7, 11) is -1.80. The van der Waals surface area contributed by atoms with Crippen LogP contribution in [0.3, 0.4) is 0 Å². The van der Waals surface area contributed by atoms with Crippen molar-refractivity contribution in [3.63, 3.8) is 0 Å².